The Labute approximate surface area is 334 Å². The molecule has 0 fully saturated rings. The van der Waals surface area contributed by atoms with E-state index in [0.717, 1.165) is 66.9 Å². The smallest absolute Gasteiger partial charge is 0.160 e. The highest BCUT2D eigenvalue weighted by molar-refractivity contribution is 7.26. The zero-order valence-electron chi connectivity index (χ0n) is 30.8. The first kappa shape index (κ1) is 33.1. The second-order valence-electron chi connectivity index (χ2n) is 14.3. The Kier molecular flexibility index (Phi) is 8.01. The number of thiophene rings is 1. The zero-order valence-corrected chi connectivity index (χ0v) is 31.6. The van der Waals surface area contributed by atoms with Crippen LogP contribution in [0.5, 0.6) is 0 Å². The molecule has 57 heavy (non-hydrogen) atoms. The minimum Gasteiger partial charge on any atom is -0.246 e. The largest absolute Gasteiger partial charge is 0.246 e. The van der Waals surface area contributed by atoms with Crippen molar-refractivity contribution in [3.05, 3.63) is 200 Å². The first-order valence-electron chi connectivity index (χ1n) is 19.2. The topological polar surface area (TPSA) is 38.7 Å². The number of nitrogens with zero attached hydrogens (tertiary/aromatic N) is 3. The molecule has 0 atom stereocenters. The van der Waals surface area contributed by atoms with Crippen LogP contribution in [0.15, 0.2) is 200 Å². The average molecular weight is 744 g/mol. The first-order valence-corrected chi connectivity index (χ1v) is 20.0. The number of benzene rings is 8. The van der Waals surface area contributed by atoms with Crippen LogP contribution in [0, 0.1) is 0 Å². The van der Waals surface area contributed by atoms with Crippen molar-refractivity contribution >= 4 is 53.2 Å². The lowest BCUT2D eigenvalue weighted by molar-refractivity contribution is 1.18. The molecule has 3 nitrogen and oxygen atoms in total. The van der Waals surface area contributed by atoms with Crippen molar-refractivity contribution in [2.24, 2.45) is 0 Å². The highest BCUT2D eigenvalue weighted by Gasteiger charge is 2.19. The van der Waals surface area contributed by atoms with Crippen LogP contribution in [-0.4, -0.2) is 15.0 Å². The van der Waals surface area contributed by atoms with E-state index in [1.54, 1.807) is 0 Å². The van der Waals surface area contributed by atoms with Gasteiger partial charge in [0.15, 0.2) is 5.82 Å². The molecule has 11 rings (SSSR count). The van der Waals surface area contributed by atoms with E-state index < -0.39 is 0 Å². The summed E-state index contributed by atoms with van der Waals surface area (Å²) in [4.78, 5) is 15.7. The lowest BCUT2D eigenvalue weighted by atomic mass is 9.93. The Bertz CT molecular complexity index is 3250. The van der Waals surface area contributed by atoms with Gasteiger partial charge in [0.2, 0.25) is 0 Å². The van der Waals surface area contributed by atoms with E-state index in [1.807, 2.05) is 23.5 Å². The van der Waals surface area contributed by atoms with Gasteiger partial charge in [0.25, 0.3) is 0 Å². The van der Waals surface area contributed by atoms with Crippen LogP contribution in [0.3, 0.4) is 0 Å². The molecule has 11 aromatic rings. The van der Waals surface area contributed by atoms with Gasteiger partial charge in [-0.2, -0.15) is 0 Å². The van der Waals surface area contributed by atoms with Crippen molar-refractivity contribution in [1.29, 1.82) is 0 Å². The van der Waals surface area contributed by atoms with Gasteiger partial charge in [-0.3, -0.25) is 0 Å². The molecule has 0 bridgehead atoms. The summed E-state index contributed by atoms with van der Waals surface area (Å²) in [6.07, 6.45) is 0. The van der Waals surface area contributed by atoms with Crippen LogP contribution in [0.25, 0.3) is 109 Å². The minimum absolute atomic E-state index is 0.695. The molecule has 0 saturated heterocycles. The Balaban J connectivity index is 1.06. The summed E-state index contributed by atoms with van der Waals surface area (Å²) in [5.74, 6) is 0.695. The molecule has 8 aromatic carbocycles. The zero-order chi connectivity index (χ0) is 37.7. The number of para-hydroxylation sites is 1. The van der Waals surface area contributed by atoms with Gasteiger partial charge in [0.05, 0.1) is 22.6 Å². The molecular formula is C53H33N3S. The number of rotatable bonds is 6. The lowest BCUT2D eigenvalue weighted by Crippen LogP contribution is -1.96. The van der Waals surface area contributed by atoms with Gasteiger partial charge in [0.1, 0.15) is 0 Å². The maximum atomic E-state index is 5.50. The molecule has 0 radical (unpaired) electrons. The number of pyridine rings is 1. The molecule has 0 saturated carbocycles. The van der Waals surface area contributed by atoms with Gasteiger partial charge >= 0.3 is 0 Å². The van der Waals surface area contributed by atoms with Gasteiger partial charge in [0, 0.05) is 64.1 Å². The van der Waals surface area contributed by atoms with Gasteiger partial charge in [-0.25, -0.2) is 15.0 Å². The quantitative estimate of drug-likeness (QED) is 0.159. The molecule has 0 unspecified atom stereocenters. The molecule has 3 heterocycles. The standard InChI is InChI=1S/C53H33N3S/c1-4-13-34(14-5-1)35-23-29-40(30-24-35)53-54-45(37-15-6-2-7-16-37)33-46(55-53)38-27-25-36(26-28-38)41-20-12-21-43-49-44(51(56-52(41)43)39-17-8-3-9-18-39)31-32-48-50(49)42-19-10-11-22-47(42)57-48/h1-33H. The Morgan fingerprint density at radius 3 is 1.58 bits per heavy atom. The molecule has 266 valence electrons. The molecule has 0 aliphatic rings. The third-order valence-electron chi connectivity index (χ3n) is 10.9. The van der Waals surface area contributed by atoms with Crippen LogP contribution < -0.4 is 0 Å². The molecular weight excluding hydrogens is 711 g/mol. The molecule has 0 aliphatic heterocycles. The van der Waals surface area contributed by atoms with Crippen molar-refractivity contribution in [3.63, 3.8) is 0 Å². The summed E-state index contributed by atoms with van der Waals surface area (Å²) in [6, 6.07) is 70.7. The number of hydrogen-bond donors (Lipinski definition) is 0. The van der Waals surface area contributed by atoms with E-state index in [-0.39, 0.29) is 0 Å². The summed E-state index contributed by atoms with van der Waals surface area (Å²) < 4.78 is 2.58. The molecule has 0 N–H and O–H groups in total. The fraction of sp³-hybridized carbons (Fsp3) is 0. The van der Waals surface area contributed by atoms with E-state index >= 15 is 0 Å². The Morgan fingerprint density at radius 2 is 0.860 bits per heavy atom. The SMILES string of the molecule is c1ccc(-c2ccc(-c3nc(-c4ccccc4)cc(-c4ccc(-c5cccc6c5nc(-c5ccccc5)c5ccc7sc8ccccc8c7c56)cc4)n3)cc2)cc1. The summed E-state index contributed by atoms with van der Waals surface area (Å²) in [5, 5.41) is 6.17. The lowest BCUT2D eigenvalue weighted by Gasteiger charge is -2.15. The van der Waals surface area contributed by atoms with Crippen molar-refractivity contribution in [1.82, 2.24) is 15.0 Å². The van der Waals surface area contributed by atoms with Gasteiger partial charge in [-0.1, -0.05) is 182 Å². The van der Waals surface area contributed by atoms with E-state index in [9.17, 15) is 0 Å². The van der Waals surface area contributed by atoms with Crippen molar-refractivity contribution in [2.45, 2.75) is 0 Å². The second kappa shape index (κ2) is 13.8. The molecule has 3 aromatic heterocycles. The van der Waals surface area contributed by atoms with Gasteiger partial charge in [-0.15, -0.1) is 11.3 Å². The number of fused-ring (bicyclic) bond motifs is 7. The van der Waals surface area contributed by atoms with Crippen molar-refractivity contribution in [2.75, 3.05) is 0 Å². The highest BCUT2D eigenvalue weighted by atomic mass is 32.1. The van der Waals surface area contributed by atoms with Crippen LogP contribution in [0.1, 0.15) is 0 Å². The average Bonchev–Trinajstić information content (AvgIpc) is 3.68. The predicted molar refractivity (Wildman–Crippen MR) is 240 cm³/mol. The highest BCUT2D eigenvalue weighted by Crippen LogP contribution is 2.45. The van der Waals surface area contributed by atoms with E-state index in [2.05, 4.69) is 188 Å². The van der Waals surface area contributed by atoms with Crippen molar-refractivity contribution < 1.29 is 0 Å². The van der Waals surface area contributed by atoms with E-state index in [1.165, 1.54) is 36.5 Å². The molecule has 0 spiro atoms. The summed E-state index contributed by atoms with van der Waals surface area (Å²) >= 11 is 1.85. The van der Waals surface area contributed by atoms with Crippen LogP contribution in [0.2, 0.25) is 0 Å². The van der Waals surface area contributed by atoms with Gasteiger partial charge in [-0.05, 0) is 34.9 Å². The third-order valence-corrected chi connectivity index (χ3v) is 12.0. The predicted octanol–water partition coefficient (Wildman–Crippen LogP) is 14.5. The minimum atomic E-state index is 0.695. The van der Waals surface area contributed by atoms with E-state index in [0.29, 0.717) is 5.82 Å². The number of aromatic nitrogens is 3. The first-order chi connectivity index (χ1) is 28.2. The molecule has 0 aliphatic carbocycles. The van der Waals surface area contributed by atoms with Crippen molar-refractivity contribution in [3.8, 4) is 67.4 Å². The normalized spacial score (nSPS) is 11.5. The van der Waals surface area contributed by atoms with E-state index in [4.69, 9.17) is 15.0 Å². The third kappa shape index (κ3) is 5.86. The summed E-state index contributed by atoms with van der Waals surface area (Å²) in [6.45, 7) is 0. The number of hydrogen-bond acceptors (Lipinski definition) is 4. The Morgan fingerprint density at radius 1 is 0.316 bits per heavy atom. The fourth-order valence-corrected chi connectivity index (χ4v) is 9.24. The van der Waals surface area contributed by atoms with Crippen LogP contribution in [0.4, 0.5) is 0 Å². The fourth-order valence-electron chi connectivity index (χ4n) is 8.12. The van der Waals surface area contributed by atoms with Crippen LogP contribution >= 0.6 is 11.3 Å². The van der Waals surface area contributed by atoms with Gasteiger partial charge < -0.3 is 0 Å². The molecule has 4 heteroatoms. The van der Waals surface area contributed by atoms with Crippen LogP contribution in [-0.2, 0) is 0 Å². The maximum Gasteiger partial charge on any atom is 0.160 e. The Hall–Kier alpha value is -7.27. The second-order valence-corrected chi connectivity index (χ2v) is 15.4. The summed E-state index contributed by atoms with van der Waals surface area (Å²) in [7, 11) is 0. The molecule has 0 amide bonds. The summed E-state index contributed by atoms with van der Waals surface area (Å²) in [5.41, 5.74) is 12.5. The maximum absolute atomic E-state index is 5.50. The monoisotopic (exact) mass is 743 g/mol.